The van der Waals surface area contributed by atoms with Crippen LogP contribution in [0.25, 0.3) is 0 Å². The monoisotopic (exact) mass is 477 g/mol. The van der Waals surface area contributed by atoms with Crippen molar-refractivity contribution in [3.63, 3.8) is 0 Å². The van der Waals surface area contributed by atoms with Crippen LogP contribution in [0.2, 0.25) is 0 Å². The standard InChI is InChI=1S/C25H32FNO5S/c1-17-21(33(30,31)22(14-27-17)19-5-3-2-4-6-19)13-18-7-9-20(10-8-18)25(24(29)15-28)11-12-32-16-23(25)26/h2-10,17,21-24,27-29H,11-16H2,1H3/t17-,21?,22-,23?,24?,25?/m0/s1. The molecule has 2 aromatic carbocycles. The summed E-state index contributed by atoms with van der Waals surface area (Å²) in [5.41, 5.74) is 0.954. The van der Waals surface area contributed by atoms with Gasteiger partial charge in [-0.25, -0.2) is 12.8 Å². The van der Waals surface area contributed by atoms with Crippen LogP contribution in [0.4, 0.5) is 4.39 Å². The van der Waals surface area contributed by atoms with Crippen molar-refractivity contribution in [2.75, 3.05) is 26.4 Å². The fourth-order valence-electron chi connectivity index (χ4n) is 5.28. The first-order valence-electron chi connectivity index (χ1n) is 11.4. The van der Waals surface area contributed by atoms with Crippen LogP contribution in [0, 0.1) is 0 Å². The average Bonchev–Trinajstić information content (AvgIpc) is 2.82. The molecule has 0 aromatic heterocycles. The summed E-state index contributed by atoms with van der Waals surface area (Å²) in [7, 11) is -3.45. The van der Waals surface area contributed by atoms with Crippen LogP contribution < -0.4 is 5.32 Å². The minimum atomic E-state index is -3.45. The molecule has 180 valence electrons. The summed E-state index contributed by atoms with van der Waals surface area (Å²) in [5.74, 6) is 0. The lowest BCUT2D eigenvalue weighted by Crippen LogP contribution is -2.54. The number of aliphatic hydroxyl groups excluding tert-OH is 2. The highest BCUT2D eigenvalue weighted by atomic mass is 32.2. The third-order valence-corrected chi connectivity index (χ3v) is 10.0. The van der Waals surface area contributed by atoms with Gasteiger partial charge in [0.1, 0.15) is 6.17 Å². The van der Waals surface area contributed by atoms with Gasteiger partial charge in [0.05, 0.1) is 35.2 Å². The lowest BCUT2D eigenvalue weighted by atomic mass is 9.69. The molecule has 33 heavy (non-hydrogen) atoms. The SMILES string of the molecule is C[C@@H]1NC[C@@H](c2ccccc2)S(=O)(=O)C1Cc1ccc(C2(C(O)CO)CCOCC2F)cc1. The molecular weight excluding hydrogens is 445 g/mol. The Labute approximate surface area is 194 Å². The van der Waals surface area contributed by atoms with Crippen LogP contribution in [0.1, 0.15) is 35.3 Å². The van der Waals surface area contributed by atoms with Gasteiger partial charge >= 0.3 is 0 Å². The molecule has 4 rings (SSSR count). The molecule has 0 saturated carbocycles. The van der Waals surface area contributed by atoms with Crippen LogP contribution in [0.3, 0.4) is 0 Å². The number of benzene rings is 2. The van der Waals surface area contributed by atoms with E-state index in [-0.39, 0.29) is 19.1 Å². The first-order chi connectivity index (χ1) is 15.8. The van der Waals surface area contributed by atoms with E-state index in [4.69, 9.17) is 4.74 Å². The summed E-state index contributed by atoms with van der Waals surface area (Å²) in [5, 5.41) is 22.2. The molecular formula is C25H32FNO5S. The van der Waals surface area contributed by atoms with Gasteiger partial charge in [-0.1, -0.05) is 54.6 Å². The number of nitrogens with one attached hydrogen (secondary N) is 1. The van der Waals surface area contributed by atoms with E-state index in [1.807, 2.05) is 37.3 Å². The highest BCUT2D eigenvalue weighted by Gasteiger charge is 2.49. The zero-order valence-corrected chi connectivity index (χ0v) is 19.5. The van der Waals surface area contributed by atoms with Gasteiger partial charge in [0.15, 0.2) is 9.84 Å². The topological polar surface area (TPSA) is 95.9 Å². The fourth-order valence-corrected chi connectivity index (χ4v) is 7.65. The number of ether oxygens (including phenoxy) is 1. The number of halogens is 1. The molecule has 4 unspecified atom stereocenters. The summed E-state index contributed by atoms with van der Waals surface area (Å²) >= 11 is 0. The van der Waals surface area contributed by atoms with Crippen molar-refractivity contribution in [3.05, 3.63) is 71.3 Å². The second-order valence-corrected chi connectivity index (χ2v) is 11.5. The van der Waals surface area contributed by atoms with Crippen LogP contribution in [-0.4, -0.2) is 68.6 Å². The Morgan fingerprint density at radius 2 is 1.88 bits per heavy atom. The maximum Gasteiger partial charge on any atom is 0.163 e. The predicted molar refractivity (Wildman–Crippen MR) is 125 cm³/mol. The van der Waals surface area contributed by atoms with Crippen molar-refractivity contribution in [3.8, 4) is 0 Å². The third kappa shape index (κ3) is 4.47. The van der Waals surface area contributed by atoms with Gasteiger partial charge < -0.3 is 20.3 Å². The van der Waals surface area contributed by atoms with Gasteiger partial charge in [-0.05, 0) is 36.5 Å². The molecule has 0 radical (unpaired) electrons. The first kappa shape index (κ1) is 24.3. The summed E-state index contributed by atoms with van der Waals surface area (Å²) in [6.07, 6.45) is -2.12. The van der Waals surface area contributed by atoms with Crippen LogP contribution in [-0.2, 0) is 26.4 Å². The molecule has 2 heterocycles. The lowest BCUT2D eigenvalue weighted by molar-refractivity contribution is -0.0858. The van der Waals surface area contributed by atoms with Crippen LogP contribution in [0.15, 0.2) is 54.6 Å². The molecule has 0 aliphatic carbocycles. The number of aliphatic hydroxyl groups is 2. The Balaban J connectivity index is 1.59. The average molecular weight is 478 g/mol. The predicted octanol–water partition coefficient (Wildman–Crippen LogP) is 2.09. The van der Waals surface area contributed by atoms with Crippen molar-refractivity contribution in [2.45, 2.75) is 54.0 Å². The molecule has 0 spiro atoms. The molecule has 0 bridgehead atoms. The number of rotatable bonds is 6. The summed E-state index contributed by atoms with van der Waals surface area (Å²) in [4.78, 5) is 0. The first-order valence-corrected chi connectivity index (χ1v) is 13.0. The van der Waals surface area contributed by atoms with Crippen molar-refractivity contribution >= 4 is 9.84 Å². The third-order valence-electron chi connectivity index (χ3n) is 7.35. The fraction of sp³-hybridized carbons (Fsp3) is 0.520. The number of alkyl halides is 1. The maximum atomic E-state index is 15.0. The van der Waals surface area contributed by atoms with Gasteiger partial charge in [0.25, 0.3) is 0 Å². The Kier molecular flexibility index (Phi) is 7.21. The minimum Gasteiger partial charge on any atom is -0.394 e. The highest BCUT2D eigenvalue weighted by Crippen LogP contribution is 2.40. The highest BCUT2D eigenvalue weighted by molar-refractivity contribution is 7.92. The van der Waals surface area contributed by atoms with Gasteiger partial charge in [-0.15, -0.1) is 0 Å². The maximum absolute atomic E-state index is 15.0. The molecule has 2 aromatic rings. The largest absolute Gasteiger partial charge is 0.394 e. The zero-order chi connectivity index (χ0) is 23.6. The quantitative estimate of drug-likeness (QED) is 0.590. The van der Waals surface area contributed by atoms with Crippen molar-refractivity contribution < 1.29 is 27.8 Å². The Morgan fingerprint density at radius 1 is 1.18 bits per heavy atom. The minimum absolute atomic E-state index is 0.136. The normalized spacial score (nSPS) is 32.8. The molecule has 3 N–H and O–H groups in total. The van der Waals surface area contributed by atoms with E-state index < -0.39 is 44.6 Å². The molecule has 2 aliphatic rings. The van der Waals surface area contributed by atoms with Crippen molar-refractivity contribution in [1.82, 2.24) is 5.32 Å². The zero-order valence-electron chi connectivity index (χ0n) is 18.7. The molecule has 6 atom stereocenters. The van der Waals surface area contributed by atoms with E-state index in [0.717, 1.165) is 11.1 Å². The molecule has 2 saturated heterocycles. The Hall–Kier alpha value is -1.84. The van der Waals surface area contributed by atoms with E-state index in [9.17, 15) is 23.0 Å². The Bertz CT molecular complexity index is 1030. The van der Waals surface area contributed by atoms with E-state index in [1.165, 1.54) is 0 Å². The smallest absolute Gasteiger partial charge is 0.163 e. The molecule has 6 nitrogen and oxygen atoms in total. The summed E-state index contributed by atoms with van der Waals surface area (Å²) in [6.45, 7) is 1.88. The molecule has 8 heteroatoms. The van der Waals surface area contributed by atoms with Gasteiger partial charge in [0.2, 0.25) is 0 Å². The van der Waals surface area contributed by atoms with Crippen LogP contribution >= 0.6 is 0 Å². The van der Waals surface area contributed by atoms with Crippen molar-refractivity contribution in [1.29, 1.82) is 0 Å². The van der Waals surface area contributed by atoms with E-state index in [2.05, 4.69) is 5.32 Å². The lowest BCUT2D eigenvalue weighted by Gasteiger charge is -2.43. The van der Waals surface area contributed by atoms with Crippen LogP contribution in [0.5, 0.6) is 0 Å². The molecule has 2 aliphatic heterocycles. The number of sulfone groups is 1. The Morgan fingerprint density at radius 3 is 2.52 bits per heavy atom. The summed E-state index contributed by atoms with van der Waals surface area (Å²) < 4.78 is 47.2. The van der Waals surface area contributed by atoms with E-state index in [1.54, 1.807) is 24.3 Å². The second-order valence-electron chi connectivity index (χ2n) is 9.16. The van der Waals surface area contributed by atoms with E-state index >= 15 is 0 Å². The van der Waals surface area contributed by atoms with E-state index in [0.29, 0.717) is 25.1 Å². The second kappa shape index (κ2) is 9.80. The number of hydrogen-bond acceptors (Lipinski definition) is 6. The summed E-state index contributed by atoms with van der Waals surface area (Å²) in [6, 6.07) is 16.1. The molecule has 2 fully saturated rings. The number of hydrogen-bond donors (Lipinski definition) is 3. The molecule has 0 amide bonds. The van der Waals surface area contributed by atoms with Crippen molar-refractivity contribution in [2.24, 2.45) is 0 Å². The van der Waals surface area contributed by atoms with Gasteiger partial charge in [-0.3, -0.25) is 0 Å². The van der Waals surface area contributed by atoms with Gasteiger partial charge in [0, 0.05) is 19.2 Å². The van der Waals surface area contributed by atoms with Gasteiger partial charge in [-0.2, -0.15) is 0 Å².